The molecule has 0 spiro atoms. The molecule has 0 aliphatic heterocycles. The van der Waals surface area contributed by atoms with Crippen LogP contribution >= 0.6 is 0 Å². The number of carbonyl (C=O) groups excluding carboxylic acids is 2. The molecule has 68 heavy (non-hydrogen) atoms. The van der Waals surface area contributed by atoms with Gasteiger partial charge in [0.25, 0.3) is 0 Å². The van der Waals surface area contributed by atoms with Gasteiger partial charge < -0.3 is 20.3 Å². The molecule has 0 saturated carbocycles. The number of nitrogens with one attached hydrogen (secondary N) is 1. The minimum Gasteiger partial charge on any atom is -0.466 e. The second-order valence-corrected chi connectivity index (χ2v) is 21.8. The fourth-order valence-electron chi connectivity index (χ4n) is 10.1. The van der Waals surface area contributed by atoms with Gasteiger partial charge in [0.15, 0.2) is 0 Å². The van der Waals surface area contributed by atoms with E-state index in [9.17, 15) is 19.8 Å². The number of carbonyl (C=O) groups is 2. The van der Waals surface area contributed by atoms with Gasteiger partial charge in [-0.05, 0) is 25.7 Å². The molecule has 0 radical (unpaired) electrons. The SMILES string of the molecule is CCCCCCCCCCCCCCC(O)C(CO)NC(=O)CCCCCCCCCCCCCCCCCCCCCCCCCCCCCCOC(=O)CCCCCCCCCCCCC. The van der Waals surface area contributed by atoms with E-state index in [0.717, 1.165) is 38.5 Å². The van der Waals surface area contributed by atoms with Crippen LogP contribution in [0.2, 0.25) is 0 Å². The summed E-state index contributed by atoms with van der Waals surface area (Å²) < 4.78 is 5.47. The summed E-state index contributed by atoms with van der Waals surface area (Å²) in [5.74, 6) is -0.0109. The van der Waals surface area contributed by atoms with Gasteiger partial charge >= 0.3 is 5.97 Å². The molecule has 0 saturated heterocycles. The van der Waals surface area contributed by atoms with Crippen LogP contribution in [-0.2, 0) is 14.3 Å². The summed E-state index contributed by atoms with van der Waals surface area (Å²) in [6.45, 7) is 4.97. The van der Waals surface area contributed by atoms with E-state index in [4.69, 9.17) is 4.74 Å². The number of ether oxygens (including phenoxy) is 1. The van der Waals surface area contributed by atoms with Crippen LogP contribution in [0.5, 0.6) is 0 Å². The Morgan fingerprint density at radius 1 is 0.353 bits per heavy atom. The van der Waals surface area contributed by atoms with Crippen LogP contribution in [0.25, 0.3) is 0 Å². The first-order valence-corrected chi connectivity index (χ1v) is 31.3. The van der Waals surface area contributed by atoms with E-state index in [1.165, 1.54) is 289 Å². The number of hydrogen-bond acceptors (Lipinski definition) is 5. The Hall–Kier alpha value is -1.14. The highest BCUT2D eigenvalue weighted by Crippen LogP contribution is 2.19. The largest absolute Gasteiger partial charge is 0.466 e. The van der Waals surface area contributed by atoms with Crippen LogP contribution < -0.4 is 5.32 Å². The molecule has 0 aromatic carbocycles. The summed E-state index contributed by atoms with van der Waals surface area (Å²) in [7, 11) is 0. The van der Waals surface area contributed by atoms with Crippen LogP contribution in [0.15, 0.2) is 0 Å². The normalized spacial score (nSPS) is 12.5. The first-order valence-electron chi connectivity index (χ1n) is 31.3. The van der Waals surface area contributed by atoms with Crippen molar-refractivity contribution in [2.45, 2.75) is 373 Å². The lowest BCUT2D eigenvalue weighted by Gasteiger charge is -2.22. The van der Waals surface area contributed by atoms with Crippen LogP contribution in [0.4, 0.5) is 0 Å². The molecule has 0 aliphatic carbocycles. The Labute approximate surface area is 426 Å². The first kappa shape index (κ1) is 66.9. The molecule has 406 valence electrons. The Morgan fingerprint density at radius 2 is 0.603 bits per heavy atom. The lowest BCUT2D eigenvalue weighted by atomic mass is 10.0. The Bertz CT molecular complexity index is 975. The molecule has 2 atom stereocenters. The highest BCUT2D eigenvalue weighted by atomic mass is 16.5. The summed E-state index contributed by atoms with van der Waals surface area (Å²) in [6.07, 6.45) is 68.4. The Kier molecular flexibility index (Phi) is 57.5. The van der Waals surface area contributed by atoms with Gasteiger partial charge in [-0.2, -0.15) is 0 Å². The first-order chi connectivity index (χ1) is 33.5. The average Bonchev–Trinajstić information content (AvgIpc) is 3.34. The molecule has 6 nitrogen and oxygen atoms in total. The van der Waals surface area contributed by atoms with Gasteiger partial charge in [-0.1, -0.05) is 322 Å². The maximum Gasteiger partial charge on any atom is 0.305 e. The quantitative estimate of drug-likeness (QED) is 0.0417. The maximum atomic E-state index is 12.5. The summed E-state index contributed by atoms with van der Waals surface area (Å²) in [6, 6.07) is -0.536. The summed E-state index contributed by atoms with van der Waals surface area (Å²) in [4.78, 5) is 24.5. The van der Waals surface area contributed by atoms with Gasteiger partial charge in [-0.15, -0.1) is 0 Å². The van der Waals surface area contributed by atoms with Gasteiger partial charge in [0.1, 0.15) is 0 Å². The van der Waals surface area contributed by atoms with E-state index in [2.05, 4.69) is 19.2 Å². The molecule has 0 aliphatic rings. The van der Waals surface area contributed by atoms with E-state index < -0.39 is 12.1 Å². The number of unbranched alkanes of at least 4 members (excludes halogenated alkanes) is 48. The molecular formula is C62H123NO5. The highest BCUT2D eigenvalue weighted by molar-refractivity contribution is 5.76. The molecule has 0 aromatic rings. The van der Waals surface area contributed by atoms with Gasteiger partial charge in [0.2, 0.25) is 5.91 Å². The lowest BCUT2D eigenvalue weighted by molar-refractivity contribution is -0.143. The lowest BCUT2D eigenvalue weighted by Crippen LogP contribution is -2.45. The second kappa shape index (κ2) is 58.4. The van der Waals surface area contributed by atoms with Crippen molar-refractivity contribution in [2.75, 3.05) is 13.2 Å². The van der Waals surface area contributed by atoms with Crippen molar-refractivity contribution in [1.29, 1.82) is 0 Å². The van der Waals surface area contributed by atoms with Crippen LogP contribution in [0, 0.1) is 0 Å². The van der Waals surface area contributed by atoms with Crippen molar-refractivity contribution in [1.82, 2.24) is 5.32 Å². The molecule has 2 unspecified atom stereocenters. The summed E-state index contributed by atoms with van der Waals surface area (Å²) in [5.41, 5.74) is 0. The van der Waals surface area contributed by atoms with Crippen molar-refractivity contribution >= 4 is 11.9 Å². The Balaban J connectivity index is 3.31. The van der Waals surface area contributed by atoms with E-state index in [-0.39, 0.29) is 18.5 Å². The molecule has 0 heterocycles. The number of hydrogen-bond donors (Lipinski definition) is 3. The number of aliphatic hydroxyl groups excluding tert-OH is 2. The Morgan fingerprint density at radius 3 is 0.897 bits per heavy atom. The van der Waals surface area contributed by atoms with Gasteiger partial charge in [0, 0.05) is 12.8 Å². The molecule has 0 fully saturated rings. The third kappa shape index (κ3) is 54.2. The number of aliphatic hydroxyl groups is 2. The molecule has 6 heteroatoms. The number of esters is 1. The minimum absolute atomic E-state index is 0.0192. The van der Waals surface area contributed by atoms with Crippen molar-refractivity contribution in [3.63, 3.8) is 0 Å². The van der Waals surface area contributed by atoms with Crippen LogP contribution in [0.1, 0.15) is 361 Å². The fraction of sp³-hybridized carbons (Fsp3) is 0.968. The van der Waals surface area contributed by atoms with E-state index >= 15 is 0 Å². The van der Waals surface area contributed by atoms with Gasteiger partial charge in [-0.25, -0.2) is 0 Å². The predicted molar refractivity (Wildman–Crippen MR) is 297 cm³/mol. The number of amides is 1. The second-order valence-electron chi connectivity index (χ2n) is 21.8. The zero-order valence-electron chi connectivity index (χ0n) is 46.4. The monoisotopic (exact) mass is 962 g/mol. The summed E-state index contributed by atoms with van der Waals surface area (Å²) >= 11 is 0. The molecule has 0 aromatic heterocycles. The molecular weight excluding hydrogens is 839 g/mol. The molecule has 1 amide bonds. The zero-order valence-corrected chi connectivity index (χ0v) is 46.4. The molecule has 3 N–H and O–H groups in total. The van der Waals surface area contributed by atoms with Crippen LogP contribution in [0.3, 0.4) is 0 Å². The van der Waals surface area contributed by atoms with Crippen molar-refractivity contribution in [3.05, 3.63) is 0 Å². The smallest absolute Gasteiger partial charge is 0.305 e. The topological polar surface area (TPSA) is 95.9 Å². The highest BCUT2D eigenvalue weighted by Gasteiger charge is 2.20. The third-order valence-corrected chi connectivity index (χ3v) is 14.9. The van der Waals surface area contributed by atoms with Crippen molar-refractivity contribution in [2.24, 2.45) is 0 Å². The number of rotatable bonds is 59. The zero-order chi connectivity index (χ0) is 49.3. The molecule has 0 bridgehead atoms. The van der Waals surface area contributed by atoms with Crippen molar-refractivity contribution in [3.8, 4) is 0 Å². The van der Waals surface area contributed by atoms with Gasteiger partial charge in [0.05, 0.1) is 25.4 Å². The van der Waals surface area contributed by atoms with Crippen molar-refractivity contribution < 1.29 is 24.5 Å². The summed E-state index contributed by atoms with van der Waals surface area (Å²) in [5, 5.41) is 23.2. The maximum absolute atomic E-state index is 12.5. The van der Waals surface area contributed by atoms with E-state index in [0.29, 0.717) is 25.9 Å². The predicted octanol–water partition coefficient (Wildman–Crippen LogP) is 19.5. The minimum atomic E-state index is -0.659. The van der Waals surface area contributed by atoms with Gasteiger partial charge in [-0.3, -0.25) is 9.59 Å². The fourth-order valence-corrected chi connectivity index (χ4v) is 10.1. The molecule has 0 rings (SSSR count). The van der Waals surface area contributed by atoms with Crippen LogP contribution in [-0.4, -0.2) is 47.4 Å². The van der Waals surface area contributed by atoms with E-state index in [1.54, 1.807) is 0 Å². The average molecular weight is 963 g/mol. The third-order valence-electron chi connectivity index (χ3n) is 14.9. The standard InChI is InChI=1S/C62H123NO5/c1-3-5-7-9-11-13-15-35-38-42-46-50-54-60(65)59(58-64)63-61(66)55-51-47-43-39-36-32-30-28-26-24-22-20-18-16-17-19-21-23-25-27-29-31-33-37-41-45-49-53-57-68-62(67)56-52-48-44-40-34-14-12-10-8-6-4-2/h59-60,64-65H,3-58H2,1-2H3,(H,63,66). The van der Waals surface area contributed by atoms with E-state index in [1.807, 2.05) is 0 Å².